The standard InChI is InChI=1S/C13H9N5/c1-2-4-10(5-3-1)11-8-17-13-12(14-6-7-15-13)16-18(17)9-11/h1-9H. The second-order valence-corrected chi connectivity index (χ2v) is 4.05. The first-order valence-corrected chi connectivity index (χ1v) is 5.65. The van der Waals surface area contributed by atoms with Gasteiger partial charge in [0.15, 0.2) is 5.65 Å². The van der Waals surface area contributed by atoms with E-state index in [-0.39, 0.29) is 0 Å². The van der Waals surface area contributed by atoms with E-state index in [1.165, 1.54) is 0 Å². The number of hydrogen-bond acceptors (Lipinski definition) is 2. The lowest BCUT2D eigenvalue weighted by Crippen LogP contribution is -2.28. The van der Waals surface area contributed by atoms with Crippen LogP contribution in [0.3, 0.4) is 0 Å². The van der Waals surface area contributed by atoms with E-state index in [0.29, 0.717) is 5.65 Å². The fourth-order valence-electron chi connectivity index (χ4n) is 2.08. The highest BCUT2D eigenvalue weighted by Crippen LogP contribution is 2.17. The van der Waals surface area contributed by atoms with Crippen molar-refractivity contribution in [3.05, 3.63) is 55.1 Å². The molecule has 4 aromatic rings. The van der Waals surface area contributed by atoms with Gasteiger partial charge < -0.3 is 4.98 Å². The molecule has 86 valence electrons. The number of aromatic nitrogens is 5. The Morgan fingerprint density at radius 1 is 1.00 bits per heavy atom. The molecule has 0 atom stereocenters. The van der Waals surface area contributed by atoms with Crippen molar-refractivity contribution >= 4 is 11.3 Å². The summed E-state index contributed by atoms with van der Waals surface area (Å²) in [5.41, 5.74) is 3.68. The first kappa shape index (κ1) is 9.35. The lowest BCUT2D eigenvalue weighted by Gasteiger charge is -1.93. The average Bonchev–Trinajstić information content (AvgIpc) is 2.97. The maximum absolute atomic E-state index is 4.37. The molecule has 0 saturated carbocycles. The Labute approximate surface area is 102 Å². The molecule has 0 bridgehead atoms. The molecule has 0 saturated heterocycles. The molecule has 0 radical (unpaired) electrons. The molecule has 5 heteroatoms. The third-order valence-corrected chi connectivity index (χ3v) is 2.92. The van der Waals surface area contributed by atoms with Crippen molar-refractivity contribution in [3.8, 4) is 11.1 Å². The zero-order chi connectivity index (χ0) is 11.9. The van der Waals surface area contributed by atoms with Gasteiger partial charge in [0, 0.05) is 12.4 Å². The number of nitrogens with zero attached hydrogens (tertiary/aromatic N) is 5. The summed E-state index contributed by atoms with van der Waals surface area (Å²) in [7, 11) is 0. The van der Waals surface area contributed by atoms with E-state index < -0.39 is 0 Å². The van der Waals surface area contributed by atoms with Crippen LogP contribution >= 0.6 is 0 Å². The SMILES string of the molecule is c1ccc(-c2cn3c4nccnc4[n-][n+]3c2)cc1. The summed E-state index contributed by atoms with van der Waals surface area (Å²) >= 11 is 0. The molecule has 0 fully saturated rings. The van der Waals surface area contributed by atoms with Gasteiger partial charge in [0.05, 0.1) is 5.56 Å². The minimum atomic E-state index is 0.650. The van der Waals surface area contributed by atoms with Gasteiger partial charge in [-0.25, -0.2) is 4.98 Å². The van der Waals surface area contributed by atoms with Gasteiger partial charge in [0.25, 0.3) is 0 Å². The Bertz CT molecular complexity index is 828. The van der Waals surface area contributed by atoms with E-state index in [2.05, 4.69) is 27.2 Å². The number of benzene rings is 1. The molecular formula is C13H9N5. The Kier molecular flexibility index (Phi) is 1.77. The van der Waals surface area contributed by atoms with E-state index in [4.69, 9.17) is 0 Å². The highest BCUT2D eigenvalue weighted by atomic mass is 15.5. The molecule has 0 N–H and O–H groups in total. The highest BCUT2D eigenvalue weighted by molar-refractivity contribution is 5.65. The van der Waals surface area contributed by atoms with Gasteiger partial charge in [0.2, 0.25) is 6.20 Å². The highest BCUT2D eigenvalue weighted by Gasteiger charge is 2.10. The summed E-state index contributed by atoms with van der Waals surface area (Å²) < 4.78 is 3.65. The summed E-state index contributed by atoms with van der Waals surface area (Å²) in [6.45, 7) is 0. The second kappa shape index (κ2) is 3.40. The van der Waals surface area contributed by atoms with Crippen LogP contribution in [0.25, 0.3) is 22.4 Å². The van der Waals surface area contributed by atoms with Gasteiger partial charge in [-0.15, -0.1) is 5.10 Å². The molecule has 18 heavy (non-hydrogen) atoms. The van der Waals surface area contributed by atoms with Crippen molar-refractivity contribution in [2.24, 2.45) is 0 Å². The van der Waals surface area contributed by atoms with E-state index in [0.717, 1.165) is 16.8 Å². The van der Waals surface area contributed by atoms with Crippen molar-refractivity contribution in [2.75, 3.05) is 0 Å². The molecule has 0 spiro atoms. The molecule has 4 rings (SSSR count). The maximum atomic E-state index is 4.37. The van der Waals surface area contributed by atoms with Crippen LogP contribution in [0, 0.1) is 0 Å². The van der Waals surface area contributed by atoms with Gasteiger partial charge in [-0.3, -0.25) is 0 Å². The minimum absolute atomic E-state index is 0.650. The molecule has 0 aliphatic carbocycles. The van der Waals surface area contributed by atoms with Crippen LogP contribution in [0.5, 0.6) is 0 Å². The van der Waals surface area contributed by atoms with Crippen LogP contribution in [-0.2, 0) is 0 Å². The number of fused-ring (bicyclic) bond motifs is 3. The summed E-state index contributed by atoms with van der Waals surface area (Å²) in [5, 5.41) is 4.37. The molecule has 5 nitrogen and oxygen atoms in total. The van der Waals surface area contributed by atoms with Crippen LogP contribution in [0.1, 0.15) is 0 Å². The van der Waals surface area contributed by atoms with Gasteiger partial charge in [-0.2, -0.15) is 4.52 Å². The zero-order valence-corrected chi connectivity index (χ0v) is 9.43. The van der Waals surface area contributed by atoms with Crippen LogP contribution < -0.4 is 9.73 Å². The monoisotopic (exact) mass is 235 g/mol. The Morgan fingerprint density at radius 3 is 2.72 bits per heavy atom. The Balaban J connectivity index is 2.00. The van der Waals surface area contributed by atoms with Crippen LogP contribution in [0.2, 0.25) is 0 Å². The van der Waals surface area contributed by atoms with Gasteiger partial charge in [-0.1, -0.05) is 35.0 Å². The second-order valence-electron chi connectivity index (χ2n) is 4.05. The van der Waals surface area contributed by atoms with Crippen molar-refractivity contribution in [1.29, 1.82) is 0 Å². The zero-order valence-electron chi connectivity index (χ0n) is 9.43. The summed E-state index contributed by atoms with van der Waals surface area (Å²) in [6.07, 6.45) is 7.30. The molecule has 1 aromatic carbocycles. The van der Waals surface area contributed by atoms with Gasteiger partial charge in [-0.05, 0) is 11.8 Å². The third kappa shape index (κ3) is 1.24. The average molecular weight is 235 g/mol. The normalized spacial score (nSPS) is 11.3. The lowest BCUT2D eigenvalue weighted by molar-refractivity contribution is -0.674. The predicted octanol–water partition coefficient (Wildman–Crippen LogP) is 1.09. The quantitative estimate of drug-likeness (QED) is 0.464. The summed E-state index contributed by atoms with van der Waals surface area (Å²) in [6, 6.07) is 10.2. The molecule has 3 heterocycles. The molecule has 0 unspecified atom stereocenters. The summed E-state index contributed by atoms with van der Waals surface area (Å²) in [5.74, 6) is 0. The van der Waals surface area contributed by atoms with Crippen LogP contribution in [-0.4, -0.2) is 14.5 Å². The number of hydrogen-bond donors (Lipinski definition) is 0. The van der Waals surface area contributed by atoms with Gasteiger partial charge >= 0.3 is 0 Å². The molecule has 3 aromatic heterocycles. The first-order valence-electron chi connectivity index (χ1n) is 5.65. The van der Waals surface area contributed by atoms with Crippen molar-refractivity contribution < 1.29 is 4.63 Å². The molecule has 0 aliphatic heterocycles. The fraction of sp³-hybridized carbons (Fsp3) is 0. The maximum Gasteiger partial charge on any atom is 0.211 e. The van der Waals surface area contributed by atoms with Crippen LogP contribution in [0.4, 0.5) is 0 Å². The Hall–Kier alpha value is -2.69. The molecule has 0 amide bonds. The first-order chi connectivity index (χ1) is 8.92. The number of rotatable bonds is 1. The fourth-order valence-corrected chi connectivity index (χ4v) is 2.08. The topological polar surface area (TPSA) is 48.4 Å². The van der Waals surface area contributed by atoms with Crippen LogP contribution in [0.15, 0.2) is 55.1 Å². The van der Waals surface area contributed by atoms with E-state index in [1.807, 2.05) is 35.1 Å². The predicted molar refractivity (Wildman–Crippen MR) is 64.9 cm³/mol. The Morgan fingerprint density at radius 2 is 1.83 bits per heavy atom. The van der Waals surface area contributed by atoms with E-state index >= 15 is 0 Å². The largest absolute Gasteiger partial charge is 0.361 e. The minimum Gasteiger partial charge on any atom is -0.361 e. The van der Waals surface area contributed by atoms with Gasteiger partial charge in [0.1, 0.15) is 5.65 Å². The molecule has 0 aliphatic rings. The van der Waals surface area contributed by atoms with E-state index in [9.17, 15) is 0 Å². The van der Waals surface area contributed by atoms with Crippen molar-refractivity contribution in [2.45, 2.75) is 0 Å². The van der Waals surface area contributed by atoms with E-state index in [1.54, 1.807) is 17.0 Å². The summed E-state index contributed by atoms with van der Waals surface area (Å²) in [4.78, 5) is 8.47. The third-order valence-electron chi connectivity index (χ3n) is 2.92. The van der Waals surface area contributed by atoms with Crippen molar-refractivity contribution in [3.63, 3.8) is 0 Å². The lowest BCUT2D eigenvalue weighted by atomic mass is 10.1. The smallest absolute Gasteiger partial charge is 0.211 e. The van der Waals surface area contributed by atoms with Crippen molar-refractivity contribution in [1.82, 2.24) is 19.6 Å². The molecular weight excluding hydrogens is 226 g/mol.